The number of hydrogen-bond donors (Lipinski definition) is 2. The van der Waals surface area contributed by atoms with E-state index in [0.717, 1.165) is 24.2 Å². The van der Waals surface area contributed by atoms with Crippen LogP contribution in [0.2, 0.25) is 0 Å². The first-order chi connectivity index (χ1) is 9.47. The Balaban J connectivity index is 1.91. The maximum Gasteiger partial charge on any atom is 0.229 e. The molecule has 2 amide bonds. The SMILES string of the molecule is CC(=O)N(C)c1ccc(NC(=S)NC(=O)C2CC2)cc1. The van der Waals surface area contributed by atoms with Crippen LogP contribution in [0.5, 0.6) is 0 Å². The fourth-order valence-electron chi connectivity index (χ4n) is 1.67. The van der Waals surface area contributed by atoms with Crippen molar-refractivity contribution >= 4 is 40.5 Å². The van der Waals surface area contributed by atoms with Crippen LogP contribution in [0.25, 0.3) is 0 Å². The standard InChI is InChI=1S/C14H17N3O2S/c1-9(18)17(2)12-7-5-11(6-8-12)15-14(20)16-13(19)10-3-4-10/h5-8,10H,3-4H2,1-2H3,(H2,15,16,19,20). The Morgan fingerprint density at radius 1 is 1.25 bits per heavy atom. The molecule has 0 heterocycles. The number of benzene rings is 1. The lowest BCUT2D eigenvalue weighted by atomic mass is 10.2. The molecule has 1 aromatic carbocycles. The summed E-state index contributed by atoms with van der Waals surface area (Å²) in [6, 6.07) is 7.25. The lowest BCUT2D eigenvalue weighted by Gasteiger charge is -2.15. The van der Waals surface area contributed by atoms with Gasteiger partial charge in [-0.15, -0.1) is 0 Å². The van der Waals surface area contributed by atoms with E-state index in [4.69, 9.17) is 12.2 Å². The molecular weight excluding hydrogens is 274 g/mol. The van der Waals surface area contributed by atoms with E-state index in [1.807, 2.05) is 24.3 Å². The Kier molecular flexibility index (Phi) is 4.34. The van der Waals surface area contributed by atoms with E-state index in [-0.39, 0.29) is 17.7 Å². The Morgan fingerprint density at radius 3 is 2.35 bits per heavy atom. The molecule has 5 nitrogen and oxygen atoms in total. The molecular formula is C14H17N3O2S. The molecule has 0 aliphatic heterocycles. The van der Waals surface area contributed by atoms with Gasteiger partial charge in [0.2, 0.25) is 11.8 Å². The number of rotatable bonds is 3. The minimum Gasteiger partial charge on any atom is -0.332 e. The zero-order valence-corrected chi connectivity index (χ0v) is 12.3. The van der Waals surface area contributed by atoms with E-state index in [1.54, 1.807) is 11.9 Å². The van der Waals surface area contributed by atoms with Crippen molar-refractivity contribution < 1.29 is 9.59 Å². The summed E-state index contributed by atoms with van der Waals surface area (Å²) in [5, 5.41) is 5.91. The van der Waals surface area contributed by atoms with E-state index >= 15 is 0 Å². The summed E-state index contributed by atoms with van der Waals surface area (Å²) in [4.78, 5) is 24.3. The summed E-state index contributed by atoms with van der Waals surface area (Å²) < 4.78 is 0. The Morgan fingerprint density at radius 2 is 1.85 bits per heavy atom. The molecule has 6 heteroatoms. The van der Waals surface area contributed by atoms with Crippen LogP contribution >= 0.6 is 12.2 Å². The third kappa shape index (κ3) is 3.77. The summed E-state index contributed by atoms with van der Waals surface area (Å²) in [6.07, 6.45) is 1.89. The van der Waals surface area contributed by atoms with Crippen LogP contribution in [0, 0.1) is 5.92 Å². The predicted molar refractivity (Wildman–Crippen MR) is 82.6 cm³/mol. The topological polar surface area (TPSA) is 61.4 Å². The molecule has 0 radical (unpaired) electrons. The lowest BCUT2D eigenvalue weighted by molar-refractivity contribution is -0.120. The molecule has 2 N–H and O–H groups in total. The highest BCUT2D eigenvalue weighted by Crippen LogP contribution is 2.28. The highest BCUT2D eigenvalue weighted by molar-refractivity contribution is 7.80. The van der Waals surface area contributed by atoms with Crippen molar-refractivity contribution in [3.63, 3.8) is 0 Å². The van der Waals surface area contributed by atoms with Crippen LogP contribution in [-0.4, -0.2) is 24.0 Å². The van der Waals surface area contributed by atoms with Crippen molar-refractivity contribution in [3.8, 4) is 0 Å². The van der Waals surface area contributed by atoms with Gasteiger partial charge < -0.3 is 15.5 Å². The number of anilines is 2. The largest absolute Gasteiger partial charge is 0.332 e. The molecule has 0 aromatic heterocycles. The van der Waals surface area contributed by atoms with Gasteiger partial charge in [-0.05, 0) is 49.3 Å². The first-order valence-corrected chi connectivity index (χ1v) is 6.84. The number of carbonyl (C=O) groups is 2. The summed E-state index contributed by atoms with van der Waals surface area (Å²) in [5.74, 6) is 0.0784. The fourth-order valence-corrected chi connectivity index (χ4v) is 1.89. The molecule has 0 bridgehead atoms. The number of amides is 2. The number of nitrogens with zero attached hydrogens (tertiary/aromatic N) is 1. The van der Waals surface area contributed by atoms with Gasteiger partial charge in [0, 0.05) is 31.3 Å². The molecule has 1 fully saturated rings. The molecule has 0 spiro atoms. The van der Waals surface area contributed by atoms with Gasteiger partial charge in [0.15, 0.2) is 5.11 Å². The molecule has 1 saturated carbocycles. The molecule has 1 aliphatic carbocycles. The smallest absolute Gasteiger partial charge is 0.229 e. The van der Waals surface area contributed by atoms with E-state index in [9.17, 15) is 9.59 Å². The number of thiocarbonyl (C=S) groups is 1. The van der Waals surface area contributed by atoms with Crippen molar-refractivity contribution in [2.75, 3.05) is 17.3 Å². The van der Waals surface area contributed by atoms with Crippen LogP contribution in [0.1, 0.15) is 19.8 Å². The van der Waals surface area contributed by atoms with Gasteiger partial charge in [-0.1, -0.05) is 0 Å². The van der Waals surface area contributed by atoms with Gasteiger partial charge in [-0.2, -0.15) is 0 Å². The van der Waals surface area contributed by atoms with Gasteiger partial charge in [-0.25, -0.2) is 0 Å². The summed E-state index contributed by atoms with van der Waals surface area (Å²) in [5.41, 5.74) is 1.57. The average molecular weight is 291 g/mol. The second kappa shape index (κ2) is 6.00. The second-order valence-corrected chi connectivity index (χ2v) is 5.25. The van der Waals surface area contributed by atoms with Crippen LogP contribution in [-0.2, 0) is 9.59 Å². The molecule has 0 saturated heterocycles. The number of carbonyl (C=O) groups excluding carboxylic acids is 2. The molecule has 106 valence electrons. The fraction of sp³-hybridized carbons (Fsp3) is 0.357. The predicted octanol–water partition coefficient (Wildman–Crippen LogP) is 1.89. The van der Waals surface area contributed by atoms with Gasteiger partial charge in [0.25, 0.3) is 0 Å². The maximum absolute atomic E-state index is 11.5. The molecule has 0 atom stereocenters. The Labute approximate surface area is 123 Å². The molecule has 1 aromatic rings. The quantitative estimate of drug-likeness (QED) is 0.835. The molecule has 2 rings (SSSR count). The summed E-state index contributed by atoms with van der Waals surface area (Å²) in [7, 11) is 1.71. The Hall–Kier alpha value is -1.95. The van der Waals surface area contributed by atoms with E-state index in [0.29, 0.717) is 5.11 Å². The van der Waals surface area contributed by atoms with Crippen LogP contribution in [0.15, 0.2) is 24.3 Å². The summed E-state index contributed by atoms with van der Waals surface area (Å²) in [6.45, 7) is 1.51. The highest BCUT2D eigenvalue weighted by atomic mass is 32.1. The van der Waals surface area contributed by atoms with Crippen LogP contribution < -0.4 is 15.5 Å². The third-order valence-electron chi connectivity index (χ3n) is 3.17. The van der Waals surface area contributed by atoms with Gasteiger partial charge >= 0.3 is 0 Å². The third-order valence-corrected chi connectivity index (χ3v) is 3.37. The second-order valence-electron chi connectivity index (χ2n) is 4.84. The number of nitrogens with one attached hydrogen (secondary N) is 2. The Bertz CT molecular complexity index is 538. The van der Waals surface area contributed by atoms with Gasteiger partial charge in [-0.3, -0.25) is 9.59 Å². The lowest BCUT2D eigenvalue weighted by Crippen LogP contribution is -2.35. The maximum atomic E-state index is 11.5. The van der Waals surface area contributed by atoms with E-state index in [2.05, 4.69) is 10.6 Å². The van der Waals surface area contributed by atoms with Crippen LogP contribution in [0.4, 0.5) is 11.4 Å². The van der Waals surface area contributed by atoms with Gasteiger partial charge in [0.1, 0.15) is 0 Å². The highest BCUT2D eigenvalue weighted by Gasteiger charge is 2.29. The van der Waals surface area contributed by atoms with Gasteiger partial charge in [0.05, 0.1) is 0 Å². The average Bonchev–Trinajstić information content (AvgIpc) is 3.22. The first kappa shape index (κ1) is 14.5. The summed E-state index contributed by atoms with van der Waals surface area (Å²) >= 11 is 5.08. The van der Waals surface area contributed by atoms with Crippen molar-refractivity contribution in [2.45, 2.75) is 19.8 Å². The molecule has 20 heavy (non-hydrogen) atoms. The minimum absolute atomic E-state index is 0.0181. The van der Waals surface area contributed by atoms with Crippen molar-refractivity contribution in [1.82, 2.24) is 5.32 Å². The van der Waals surface area contributed by atoms with Crippen molar-refractivity contribution in [2.24, 2.45) is 5.92 Å². The molecule has 1 aliphatic rings. The zero-order chi connectivity index (χ0) is 14.7. The minimum atomic E-state index is -0.0297. The first-order valence-electron chi connectivity index (χ1n) is 6.43. The van der Waals surface area contributed by atoms with Crippen molar-refractivity contribution in [3.05, 3.63) is 24.3 Å². The van der Waals surface area contributed by atoms with Crippen molar-refractivity contribution in [1.29, 1.82) is 0 Å². The number of hydrogen-bond acceptors (Lipinski definition) is 3. The monoisotopic (exact) mass is 291 g/mol. The normalized spacial score (nSPS) is 13.5. The van der Waals surface area contributed by atoms with E-state index in [1.165, 1.54) is 6.92 Å². The molecule has 0 unspecified atom stereocenters. The van der Waals surface area contributed by atoms with E-state index < -0.39 is 0 Å². The zero-order valence-electron chi connectivity index (χ0n) is 11.5. The van der Waals surface area contributed by atoms with Crippen LogP contribution in [0.3, 0.4) is 0 Å².